The Kier molecular flexibility index (Phi) is 8.09. The van der Waals surface area contributed by atoms with Gasteiger partial charge in [-0.05, 0) is 50.3 Å². The van der Waals surface area contributed by atoms with Crippen LogP contribution in [0.3, 0.4) is 0 Å². The van der Waals surface area contributed by atoms with Crippen molar-refractivity contribution >= 4 is 21.9 Å². The maximum Gasteiger partial charge on any atom is 0.243 e. The summed E-state index contributed by atoms with van der Waals surface area (Å²) in [5, 5.41) is 6.52. The molecule has 2 aliphatic rings. The highest BCUT2D eigenvalue weighted by atomic mass is 32.2. The van der Waals surface area contributed by atoms with Crippen LogP contribution in [0.1, 0.15) is 44.6 Å². The number of nitrogens with zero attached hydrogens (tertiary/aromatic N) is 3. The van der Waals surface area contributed by atoms with Crippen molar-refractivity contribution in [2.75, 3.05) is 39.3 Å². The summed E-state index contributed by atoms with van der Waals surface area (Å²) in [5.41, 5.74) is 0.954. The second-order valence-electron chi connectivity index (χ2n) is 7.71. The summed E-state index contributed by atoms with van der Waals surface area (Å²) in [6.45, 7) is 6.83. The third-order valence-corrected chi connectivity index (χ3v) is 7.37. The molecule has 8 nitrogen and oxygen atoms in total. The summed E-state index contributed by atoms with van der Waals surface area (Å²) in [6, 6.07) is 7.00. The van der Waals surface area contributed by atoms with E-state index in [0.29, 0.717) is 31.0 Å². The van der Waals surface area contributed by atoms with E-state index in [4.69, 9.17) is 0 Å². The number of hydrogen-bond donors (Lipinski definition) is 2. The standard InChI is InChI=1S/C21H33N5O3S/c1-2-22-21(23-12-6-14-25-13-5-7-20(25)27)24-17-18-8-10-19(11-9-18)30(28,29)26-15-3-4-16-26/h8-11H,2-7,12-17H2,1H3,(H2,22,23,24). The Labute approximate surface area is 179 Å². The molecule has 0 unspecified atom stereocenters. The third-order valence-electron chi connectivity index (χ3n) is 5.46. The molecule has 0 atom stereocenters. The van der Waals surface area contributed by atoms with E-state index < -0.39 is 10.0 Å². The molecule has 0 radical (unpaired) electrons. The van der Waals surface area contributed by atoms with Gasteiger partial charge in [0.2, 0.25) is 15.9 Å². The van der Waals surface area contributed by atoms with Crippen LogP contribution in [0.2, 0.25) is 0 Å². The van der Waals surface area contributed by atoms with Crippen molar-refractivity contribution in [1.29, 1.82) is 0 Å². The van der Waals surface area contributed by atoms with Crippen LogP contribution < -0.4 is 10.6 Å². The largest absolute Gasteiger partial charge is 0.357 e. The van der Waals surface area contributed by atoms with Gasteiger partial charge in [-0.25, -0.2) is 13.4 Å². The van der Waals surface area contributed by atoms with Crippen LogP contribution in [0.5, 0.6) is 0 Å². The molecule has 0 spiro atoms. The molecule has 9 heteroatoms. The van der Waals surface area contributed by atoms with Gasteiger partial charge in [0.05, 0.1) is 11.4 Å². The lowest BCUT2D eigenvalue weighted by atomic mass is 10.2. The number of carbonyl (C=O) groups is 1. The fraction of sp³-hybridized carbons (Fsp3) is 0.619. The average molecular weight is 436 g/mol. The Balaban J connectivity index is 1.50. The summed E-state index contributed by atoms with van der Waals surface area (Å²) in [7, 11) is -3.38. The van der Waals surface area contributed by atoms with Gasteiger partial charge in [-0.15, -0.1) is 0 Å². The molecular formula is C21H33N5O3S. The van der Waals surface area contributed by atoms with Gasteiger partial charge in [0.1, 0.15) is 0 Å². The number of carbonyl (C=O) groups excluding carboxylic acids is 1. The van der Waals surface area contributed by atoms with Crippen molar-refractivity contribution in [2.45, 2.75) is 50.5 Å². The Morgan fingerprint density at radius 2 is 1.80 bits per heavy atom. The topological polar surface area (TPSA) is 94.1 Å². The number of guanidine groups is 1. The number of amides is 1. The summed E-state index contributed by atoms with van der Waals surface area (Å²) < 4.78 is 26.8. The fourth-order valence-corrected chi connectivity index (χ4v) is 5.29. The number of likely N-dealkylation sites (tertiary alicyclic amines) is 1. The van der Waals surface area contributed by atoms with E-state index in [1.807, 2.05) is 24.0 Å². The van der Waals surface area contributed by atoms with Crippen LogP contribution in [-0.4, -0.2) is 68.8 Å². The Bertz CT molecular complexity index is 833. The first-order valence-electron chi connectivity index (χ1n) is 10.9. The van der Waals surface area contributed by atoms with Gasteiger partial charge in [-0.1, -0.05) is 12.1 Å². The van der Waals surface area contributed by atoms with Crippen molar-refractivity contribution < 1.29 is 13.2 Å². The number of benzene rings is 1. The van der Waals surface area contributed by atoms with Gasteiger partial charge in [0, 0.05) is 45.7 Å². The van der Waals surface area contributed by atoms with Crippen molar-refractivity contribution in [1.82, 2.24) is 19.8 Å². The molecule has 2 heterocycles. The lowest BCUT2D eigenvalue weighted by molar-refractivity contribution is -0.127. The molecule has 166 valence electrons. The average Bonchev–Trinajstić information content (AvgIpc) is 3.42. The van der Waals surface area contributed by atoms with Crippen molar-refractivity contribution in [3.8, 4) is 0 Å². The number of hydrogen-bond acceptors (Lipinski definition) is 4. The first-order chi connectivity index (χ1) is 14.5. The van der Waals surface area contributed by atoms with Crippen molar-refractivity contribution in [3.63, 3.8) is 0 Å². The van der Waals surface area contributed by atoms with E-state index in [9.17, 15) is 13.2 Å². The highest BCUT2D eigenvalue weighted by Crippen LogP contribution is 2.21. The molecule has 1 aromatic carbocycles. The molecule has 0 aliphatic carbocycles. The minimum Gasteiger partial charge on any atom is -0.357 e. The molecule has 0 bridgehead atoms. The minimum absolute atomic E-state index is 0.255. The van der Waals surface area contributed by atoms with Crippen LogP contribution >= 0.6 is 0 Å². The predicted octanol–water partition coefficient (Wildman–Crippen LogP) is 1.54. The van der Waals surface area contributed by atoms with Gasteiger partial charge >= 0.3 is 0 Å². The Morgan fingerprint density at radius 1 is 1.07 bits per heavy atom. The maximum atomic E-state index is 12.6. The van der Waals surface area contributed by atoms with Crippen LogP contribution in [-0.2, 0) is 21.4 Å². The van der Waals surface area contributed by atoms with E-state index in [2.05, 4.69) is 15.6 Å². The van der Waals surface area contributed by atoms with Gasteiger partial charge in [0.15, 0.2) is 5.96 Å². The van der Waals surface area contributed by atoms with Gasteiger partial charge in [-0.3, -0.25) is 4.79 Å². The third kappa shape index (κ3) is 5.95. The number of sulfonamides is 1. The SMILES string of the molecule is CCNC(=NCc1ccc(S(=O)(=O)N2CCCC2)cc1)NCCCN1CCCC1=O. The van der Waals surface area contributed by atoms with E-state index in [0.717, 1.165) is 63.4 Å². The highest BCUT2D eigenvalue weighted by Gasteiger charge is 2.26. The van der Waals surface area contributed by atoms with Crippen molar-refractivity contribution in [3.05, 3.63) is 29.8 Å². The van der Waals surface area contributed by atoms with Crippen LogP contribution in [0.15, 0.2) is 34.2 Å². The summed E-state index contributed by atoms with van der Waals surface area (Å²) >= 11 is 0. The molecule has 1 amide bonds. The number of aliphatic imine (C=N–C) groups is 1. The fourth-order valence-electron chi connectivity index (χ4n) is 3.77. The van der Waals surface area contributed by atoms with Gasteiger partial charge in [0.25, 0.3) is 0 Å². The molecule has 3 rings (SSSR count). The predicted molar refractivity (Wildman–Crippen MR) is 118 cm³/mol. The molecule has 2 aliphatic heterocycles. The van der Waals surface area contributed by atoms with Gasteiger partial charge in [-0.2, -0.15) is 4.31 Å². The quantitative estimate of drug-likeness (QED) is 0.349. The summed E-state index contributed by atoms with van der Waals surface area (Å²) in [4.78, 5) is 18.5. The Morgan fingerprint density at radius 3 is 2.43 bits per heavy atom. The second kappa shape index (κ2) is 10.8. The van der Waals surface area contributed by atoms with Crippen LogP contribution in [0.4, 0.5) is 0 Å². The van der Waals surface area contributed by atoms with Crippen molar-refractivity contribution in [2.24, 2.45) is 4.99 Å². The first kappa shape index (κ1) is 22.6. The van der Waals surface area contributed by atoms with Crippen LogP contribution in [0, 0.1) is 0 Å². The Hall–Kier alpha value is -2.13. The van der Waals surface area contributed by atoms with Crippen LogP contribution in [0.25, 0.3) is 0 Å². The molecule has 1 aromatic rings. The normalized spacial score (nSPS) is 18.2. The number of rotatable bonds is 9. The zero-order valence-corrected chi connectivity index (χ0v) is 18.6. The van der Waals surface area contributed by atoms with E-state index in [1.165, 1.54) is 0 Å². The molecule has 2 N–H and O–H groups in total. The smallest absolute Gasteiger partial charge is 0.243 e. The zero-order chi connectivity index (χ0) is 21.4. The lowest BCUT2D eigenvalue weighted by Gasteiger charge is -2.16. The first-order valence-corrected chi connectivity index (χ1v) is 12.3. The maximum absolute atomic E-state index is 12.6. The summed E-state index contributed by atoms with van der Waals surface area (Å²) in [6.07, 6.45) is 4.38. The van der Waals surface area contributed by atoms with E-state index in [-0.39, 0.29) is 5.91 Å². The monoisotopic (exact) mass is 435 g/mol. The second-order valence-corrected chi connectivity index (χ2v) is 9.65. The summed E-state index contributed by atoms with van der Waals surface area (Å²) in [5.74, 6) is 0.977. The molecule has 2 saturated heterocycles. The molecule has 30 heavy (non-hydrogen) atoms. The molecule has 0 saturated carbocycles. The highest BCUT2D eigenvalue weighted by molar-refractivity contribution is 7.89. The van der Waals surface area contributed by atoms with Gasteiger partial charge < -0.3 is 15.5 Å². The number of nitrogens with one attached hydrogen (secondary N) is 2. The zero-order valence-electron chi connectivity index (χ0n) is 17.8. The molecule has 2 fully saturated rings. The molecular weight excluding hydrogens is 402 g/mol. The van der Waals surface area contributed by atoms with E-state index in [1.54, 1.807) is 16.4 Å². The lowest BCUT2D eigenvalue weighted by Crippen LogP contribution is -2.39. The van der Waals surface area contributed by atoms with E-state index >= 15 is 0 Å². The minimum atomic E-state index is -3.38. The molecule has 0 aromatic heterocycles.